The van der Waals surface area contributed by atoms with Gasteiger partial charge in [-0.1, -0.05) is 42.1 Å². The molecule has 0 unspecified atom stereocenters. The Labute approximate surface area is 206 Å². The number of fused-ring (bicyclic) bond motifs is 1. The molecule has 174 valence electrons. The average molecular weight is 508 g/mol. The minimum absolute atomic E-state index is 0.0720. The number of ether oxygens (including phenoxy) is 1. The van der Waals surface area contributed by atoms with Crippen LogP contribution < -0.4 is 15.4 Å². The fraction of sp³-hybridized carbons (Fsp3) is 0.333. The molecule has 3 N–H and O–H groups in total. The maximum absolute atomic E-state index is 12.9. The zero-order valence-electron chi connectivity index (χ0n) is 17.7. The summed E-state index contributed by atoms with van der Waals surface area (Å²) in [6.45, 7) is 4.65. The predicted octanol–water partition coefficient (Wildman–Crippen LogP) is 3.66. The van der Waals surface area contributed by atoms with Gasteiger partial charge in [-0.05, 0) is 31.2 Å². The predicted molar refractivity (Wildman–Crippen MR) is 134 cm³/mol. The minimum atomic E-state index is -0.432. The van der Waals surface area contributed by atoms with E-state index in [0.29, 0.717) is 38.8 Å². The van der Waals surface area contributed by atoms with Crippen molar-refractivity contribution in [3.8, 4) is 11.1 Å². The van der Waals surface area contributed by atoms with Crippen LogP contribution in [0.5, 0.6) is 0 Å². The van der Waals surface area contributed by atoms with Crippen LogP contribution in [-0.2, 0) is 4.74 Å². The monoisotopic (exact) mass is 507 g/mol. The van der Waals surface area contributed by atoms with Crippen molar-refractivity contribution < 1.29 is 9.53 Å². The van der Waals surface area contributed by atoms with E-state index in [1.165, 1.54) is 0 Å². The number of hydrogen-bond acceptors (Lipinski definition) is 8. The van der Waals surface area contributed by atoms with Crippen molar-refractivity contribution in [1.82, 2.24) is 25.2 Å². The Hall–Kier alpha value is -2.37. The first-order valence-corrected chi connectivity index (χ1v) is 11.5. The Morgan fingerprint density at radius 3 is 2.70 bits per heavy atom. The van der Waals surface area contributed by atoms with Gasteiger partial charge in [0.2, 0.25) is 5.95 Å². The zero-order chi connectivity index (χ0) is 23.4. The van der Waals surface area contributed by atoms with Gasteiger partial charge in [-0.2, -0.15) is 4.98 Å². The van der Waals surface area contributed by atoms with E-state index in [4.69, 9.17) is 33.7 Å². The van der Waals surface area contributed by atoms with Gasteiger partial charge in [-0.25, -0.2) is 19.1 Å². The number of hydrogen-bond donors (Lipinski definition) is 3. The summed E-state index contributed by atoms with van der Waals surface area (Å²) in [7, 11) is 0. The molecule has 4 rings (SSSR count). The quantitative estimate of drug-likeness (QED) is 0.344. The summed E-state index contributed by atoms with van der Waals surface area (Å²) in [4.78, 5) is 27.9. The summed E-state index contributed by atoms with van der Waals surface area (Å²) >= 11 is 17.3. The fourth-order valence-electron chi connectivity index (χ4n) is 3.56. The molecule has 3 heterocycles. The van der Waals surface area contributed by atoms with Crippen LogP contribution in [0.25, 0.3) is 22.2 Å². The number of nitrogens with one attached hydrogen (secondary N) is 1. The smallest absolute Gasteiger partial charge is 0.333 e. The molecule has 9 nitrogen and oxygen atoms in total. The zero-order valence-corrected chi connectivity index (χ0v) is 20.1. The number of amides is 2. The molecule has 1 fully saturated rings. The number of thiol groups is 1. The topological polar surface area (TPSA) is 110 Å². The number of halogens is 2. The van der Waals surface area contributed by atoms with E-state index >= 15 is 0 Å². The number of nitrogen functional groups attached to an aromatic ring is 1. The lowest BCUT2D eigenvalue weighted by Gasteiger charge is -2.26. The summed E-state index contributed by atoms with van der Waals surface area (Å²) < 4.78 is 6.48. The van der Waals surface area contributed by atoms with E-state index in [1.807, 2.05) is 0 Å². The van der Waals surface area contributed by atoms with Gasteiger partial charge in [0, 0.05) is 42.3 Å². The maximum Gasteiger partial charge on any atom is 0.333 e. The standard InChI is InChI=1S/C21H23Cl2N7O2S/c22-15-3-1-4-16(23)17(15)14-11-13-12-26-20(24)28-18(13)27-19(14)30(33)21(31)25-5-2-6-29-7-9-32-10-8-29/h1,3-4,11-12,33H,2,5-10H2,(H,25,31)(H2,24,26,27,28). The lowest BCUT2D eigenvalue weighted by molar-refractivity contribution is 0.0375. The van der Waals surface area contributed by atoms with E-state index in [2.05, 4.69) is 38.0 Å². The first kappa shape index (κ1) is 23.8. The van der Waals surface area contributed by atoms with Crippen molar-refractivity contribution in [2.24, 2.45) is 0 Å². The maximum atomic E-state index is 12.9. The van der Waals surface area contributed by atoms with Crippen molar-refractivity contribution in [2.45, 2.75) is 6.42 Å². The van der Waals surface area contributed by atoms with Crippen molar-refractivity contribution in [3.63, 3.8) is 0 Å². The second-order valence-electron chi connectivity index (χ2n) is 7.45. The highest BCUT2D eigenvalue weighted by Gasteiger charge is 2.23. The number of aromatic nitrogens is 3. The van der Waals surface area contributed by atoms with Gasteiger partial charge in [0.15, 0.2) is 11.5 Å². The van der Waals surface area contributed by atoms with Gasteiger partial charge in [0.25, 0.3) is 0 Å². The third-order valence-corrected chi connectivity index (χ3v) is 6.22. The van der Waals surface area contributed by atoms with Crippen molar-refractivity contribution >= 4 is 64.8 Å². The number of carbonyl (C=O) groups excluding carboxylic acids is 1. The van der Waals surface area contributed by atoms with E-state index < -0.39 is 6.03 Å². The van der Waals surface area contributed by atoms with Gasteiger partial charge in [-0.15, -0.1) is 0 Å². The third kappa shape index (κ3) is 5.59. The molecule has 0 atom stereocenters. The Bertz CT molecular complexity index is 1140. The minimum Gasteiger partial charge on any atom is -0.379 e. The lowest BCUT2D eigenvalue weighted by Crippen LogP contribution is -2.39. The van der Waals surface area contributed by atoms with Crippen LogP contribution >= 0.6 is 36.0 Å². The lowest BCUT2D eigenvalue weighted by atomic mass is 10.0. The second-order valence-corrected chi connectivity index (χ2v) is 8.66. The number of carbonyl (C=O) groups is 1. The van der Waals surface area contributed by atoms with Crippen LogP contribution in [-0.4, -0.2) is 65.3 Å². The van der Waals surface area contributed by atoms with E-state index in [-0.39, 0.29) is 11.8 Å². The Morgan fingerprint density at radius 2 is 1.97 bits per heavy atom. The molecule has 1 aliphatic rings. The van der Waals surface area contributed by atoms with E-state index in [0.717, 1.165) is 43.6 Å². The Morgan fingerprint density at radius 1 is 1.24 bits per heavy atom. The summed E-state index contributed by atoms with van der Waals surface area (Å²) in [6.07, 6.45) is 2.35. The van der Waals surface area contributed by atoms with E-state index in [1.54, 1.807) is 30.5 Å². The van der Waals surface area contributed by atoms with Crippen LogP contribution in [0.3, 0.4) is 0 Å². The number of benzene rings is 1. The number of pyridine rings is 1. The molecular weight excluding hydrogens is 485 g/mol. The molecule has 3 aromatic rings. The summed E-state index contributed by atoms with van der Waals surface area (Å²) in [5.74, 6) is 0.298. The molecule has 0 radical (unpaired) electrons. The molecule has 2 amide bonds. The van der Waals surface area contributed by atoms with Gasteiger partial charge >= 0.3 is 6.03 Å². The Balaban J connectivity index is 1.58. The SMILES string of the molecule is Nc1ncc2cc(-c3c(Cl)cccc3Cl)c(N(S)C(=O)NCCCN3CCOCC3)nc2n1. The molecule has 0 saturated carbocycles. The number of rotatable bonds is 6. The first-order chi connectivity index (χ1) is 15.9. The molecule has 1 saturated heterocycles. The fourth-order valence-corrected chi connectivity index (χ4v) is 4.39. The van der Waals surface area contributed by atoms with Crippen LogP contribution in [0.1, 0.15) is 6.42 Å². The largest absolute Gasteiger partial charge is 0.379 e. The first-order valence-electron chi connectivity index (χ1n) is 10.4. The number of morpholine rings is 1. The number of urea groups is 1. The molecule has 0 bridgehead atoms. The molecule has 0 spiro atoms. The van der Waals surface area contributed by atoms with Gasteiger partial charge < -0.3 is 15.8 Å². The van der Waals surface area contributed by atoms with Gasteiger partial charge in [-0.3, -0.25) is 4.90 Å². The number of nitrogens with zero attached hydrogens (tertiary/aromatic N) is 5. The van der Waals surface area contributed by atoms with Crippen LogP contribution in [0, 0.1) is 0 Å². The summed E-state index contributed by atoms with van der Waals surface area (Å²) in [5, 5.41) is 4.32. The molecule has 2 aromatic heterocycles. The van der Waals surface area contributed by atoms with Crippen molar-refractivity contribution in [3.05, 3.63) is 40.5 Å². The molecule has 0 aliphatic carbocycles. The normalized spacial score (nSPS) is 14.4. The second kappa shape index (κ2) is 10.7. The highest BCUT2D eigenvalue weighted by Crippen LogP contribution is 2.40. The van der Waals surface area contributed by atoms with E-state index in [9.17, 15) is 4.79 Å². The van der Waals surface area contributed by atoms with Crippen molar-refractivity contribution in [2.75, 3.05) is 49.4 Å². The van der Waals surface area contributed by atoms with Gasteiger partial charge in [0.1, 0.15) is 0 Å². The number of anilines is 2. The highest BCUT2D eigenvalue weighted by molar-refractivity contribution is 7.82. The third-order valence-electron chi connectivity index (χ3n) is 5.22. The number of nitrogens with two attached hydrogens (primary N) is 1. The van der Waals surface area contributed by atoms with Crippen LogP contribution in [0.2, 0.25) is 10.0 Å². The Kier molecular flexibility index (Phi) is 7.71. The van der Waals surface area contributed by atoms with Crippen LogP contribution in [0.4, 0.5) is 16.6 Å². The molecule has 33 heavy (non-hydrogen) atoms. The summed E-state index contributed by atoms with van der Waals surface area (Å²) in [5.41, 5.74) is 7.09. The van der Waals surface area contributed by atoms with Gasteiger partial charge in [0.05, 0.1) is 23.3 Å². The molecular formula is C21H23Cl2N7O2S. The highest BCUT2D eigenvalue weighted by atomic mass is 35.5. The molecule has 12 heteroatoms. The molecule has 1 aromatic carbocycles. The van der Waals surface area contributed by atoms with Crippen LogP contribution in [0.15, 0.2) is 30.5 Å². The molecule has 1 aliphatic heterocycles. The van der Waals surface area contributed by atoms with Crippen molar-refractivity contribution in [1.29, 1.82) is 0 Å². The summed E-state index contributed by atoms with van der Waals surface area (Å²) in [6, 6.07) is 6.50. The average Bonchev–Trinajstić information content (AvgIpc) is 2.81.